The van der Waals surface area contributed by atoms with Gasteiger partial charge in [-0.1, -0.05) is 29.4 Å². The molecule has 4 rings (SSSR count). The lowest BCUT2D eigenvalue weighted by Gasteiger charge is -2.06. The van der Waals surface area contributed by atoms with Crippen LogP contribution in [-0.4, -0.2) is 26.3 Å². The van der Waals surface area contributed by atoms with Crippen molar-refractivity contribution >= 4 is 10.9 Å². The summed E-state index contributed by atoms with van der Waals surface area (Å²) in [6.07, 6.45) is 0.255. The molecule has 2 heterocycles. The normalized spacial score (nSPS) is 11.0. The highest BCUT2D eigenvalue weighted by Crippen LogP contribution is 2.27. The van der Waals surface area contributed by atoms with Gasteiger partial charge in [0.05, 0.1) is 23.1 Å². The van der Waals surface area contributed by atoms with E-state index < -0.39 is 5.69 Å². The summed E-state index contributed by atoms with van der Waals surface area (Å²) in [4.78, 5) is 31.9. The summed E-state index contributed by atoms with van der Waals surface area (Å²) in [6, 6.07) is 14.3. The van der Waals surface area contributed by atoms with Crippen LogP contribution in [0.25, 0.3) is 22.3 Å². The summed E-state index contributed by atoms with van der Waals surface area (Å²) in [5.41, 5.74) is 0.423. The Kier molecular flexibility index (Phi) is 4.76. The third-order valence-electron chi connectivity index (χ3n) is 4.33. The van der Waals surface area contributed by atoms with Crippen LogP contribution in [0.15, 0.2) is 62.6 Å². The Hall–Kier alpha value is -3.68. The van der Waals surface area contributed by atoms with Crippen molar-refractivity contribution in [2.75, 3.05) is 6.61 Å². The maximum Gasteiger partial charge on any atom is 0.328 e. The summed E-state index contributed by atoms with van der Waals surface area (Å²) in [6.45, 7) is 2.56. The number of H-pyrrole nitrogens is 1. The highest BCUT2D eigenvalue weighted by molar-refractivity contribution is 5.76. The topological polar surface area (TPSA) is 103 Å². The molecule has 0 fully saturated rings. The van der Waals surface area contributed by atoms with Crippen molar-refractivity contribution in [1.29, 1.82) is 0 Å². The zero-order chi connectivity index (χ0) is 19.5. The van der Waals surface area contributed by atoms with Crippen molar-refractivity contribution in [3.05, 3.63) is 75.3 Å². The first-order valence-corrected chi connectivity index (χ1v) is 8.94. The number of hydrogen-bond acceptors (Lipinski definition) is 6. The van der Waals surface area contributed by atoms with Crippen molar-refractivity contribution in [2.24, 2.45) is 0 Å². The van der Waals surface area contributed by atoms with E-state index in [1.807, 2.05) is 31.2 Å². The smallest absolute Gasteiger partial charge is 0.328 e. The van der Waals surface area contributed by atoms with Crippen LogP contribution in [-0.2, 0) is 13.0 Å². The van der Waals surface area contributed by atoms with Crippen LogP contribution >= 0.6 is 0 Å². The van der Waals surface area contributed by atoms with E-state index in [1.54, 1.807) is 24.3 Å². The predicted octanol–water partition coefficient (Wildman–Crippen LogP) is 2.38. The van der Waals surface area contributed by atoms with Crippen LogP contribution in [0, 0.1) is 0 Å². The molecule has 8 nitrogen and oxygen atoms in total. The number of nitrogens with one attached hydrogen (secondary N) is 1. The number of nitrogens with zero attached hydrogens (tertiary/aromatic N) is 3. The van der Waals surface area contributed by atoms with Gasteiger partial charge in [-0.05, 0) is 31.2 Å². The Balaban J connectivity index is 1.59. The van der Waals surface area contributed by atoms with Gasteiger partial charge in [0.2, 0.25) is 11.7 Å². The average molecular weight is 378 g/mol. The minimum Gasteiger partial charge on any atom is -0.493 e. The quantitative estimate of drug-likeness (QED) is 0.553. The third-order valence-corrected chi connectivity index (χ3v) is 4.33. The van der Waals surface area contributed by atoms with Gasteiger partial charge in [0.15, 0.2) is 0 Å². The van der Waals surface area contributed by atoms with E-state index in [-0.39, 0.29) is 18.5 Å². The lowest BCUT2D eigenvalue weighted by Crippen LogP contribution is -2.35. The second kappa shape index (κ2) is 7.51. The highest BCUT2D eigenvalue weighted by Gasteiger charge is 2.14. The van der Waals surface area contributed by atoms with E-state index in [0.29, 0.717) is 35.0 Å². The molecular formula is C20H18N4O4. The lowest BCUT2D eigenvalue weighted by atomic mass is 10.2. The second-order valence-corrected chi connectivity index (χ2v) is 6.12. The molecule has 0 bridgehead atoms. The Bertz CT molecular complexity index is 1240. The van der Waals surface area contributed by atoms with E-state index in [4.69, 9.17) is 9.26 Å². The van der Waals surface area contributed by atoms with Gasteiger partial charge >= 0.3 is 5.69 Å². The van der Waals surface area contributed by atoms with Crippen molar-refractivity contribution in [1.82, 2.24) is 19.7 Å². The fourth-order valence-corrected chi connectivity index (χ4v) is 3.01. The molecule has 4 aromatic rings. The van der Waals surface area contributed by atoms with Crippen molar-refractivity contribution in [2.45, 2.75) is 19.9 Å². The van der Waals surface area contributed by atoms with Crippen molar-refractivity contribution in [3.8, 4) is 17.1 Å². The minimum atomic E-state index is -0.467. The first-order valence-electron chi connectivity index (χ1n) is 8.94. The summed E-state index contributed by atoms with van der Waals surface area (Å²) in [5.74, 6) is 1.40. The Morgan fingerprint density at radius 2 is 1.89 bits per heavy atom. The van der Waals surface area contributed by atoms with Gasteiger partial charge in [-0.3, -0.25) is 9.36 Å². The molecule has 0 aliphatic heterocycles. The summed E-state index contributed by atoms with van der Waals surface area (Å²) < 4.78 is 12.0. The van der Waals surface area contributed by atoms with Gasteiger partial charge in [0.25, 0.3) is 5.56 Å². The summed E-state index contributed by atoms with van der Waals surface area (Å²) in [7, 11) is 0. The molecule has 1 N–H and O–H groups in total. The molecule has 0 aliphatic rings. The molecule has 0 radical (unpaired) electrons. The molecule has 0 aliphatic carbocycles. The molecule has 0 saturated heterocycles. The van der Waals surface area contributed by atoms with Gasteiger partial charge in [0.1, 0.15) is 5.75 Å². The fraction of sp³-hybridized carbons (Fsp3) is 0.200. The summed E-state index contributed by atoms with van der Waals surface area (Å²) in [5, 5.41) is 4.45. The van der Waals surface area contributed by atoms with Crippen molar-refractivity contribution in [3.63, 3.8) is 0 Å². The SMILES string of the molecule is CCOc1ccccc1-c1noc(CCn2c(=O)[nH]c3ccccc3c2=O)n1. The lowest BCUT2D eigenvalue weighted by molar-refractivity contribution is 0.340. The monoisotopic (exact) mass is 378 g/mol. The van der Waals surface area contributed by atoms with E-state index in [0.717, 1.165) is 10.1 Å². The molecule has 2 aromatic heterocycles. The van der Waals surface area contributed by atoms with E-state index in [2.05, 4.69) is 15.1 Å². The van der Waals surface area contributed by atoms with Gasteiger partial charge in [-0.25, -0.2) is 4.79 Å². The van der Waals surface area contributed by atoms with E-state index >= 15 is 0 Å². The van der Waals surface area contributed by atoms with Gasteiger partial charge in [0, 0.05) is 13.0 Å². The molecule has 2 aromatic carbocycles. The first kappa shape index (κ1) is 17.7. The molecule has 28 heavy (non-hydrogen) atoms. The minimum absolute atomic E-state index is 0.133. The molecule has 142 valence electrons. The Morgan fingerprint density at radius 1 is 1.11 bits per heavy atom. The standard InChI is InChI=1S/C20H18N4O4/c1-2-27-16-10-6-4-8-14(16)18-22-17(28-23-18)11-12-24-19(25)13-7-3-5-9-15(13)21-20(24)26/h3-10H,2,11-12H2,1H3,(H,21,26). The first-order chi connectivity index (χ1) is 13.7. The molecule has 0 atom stereocenters. The summed E-state index contributed by atoms with van der Waals surface area (Å²) >= 11 is 0. The second-order valence-electron chi connectivity index (χ2n) is 6.12. The third kappa shape index (κ3) is 3.32. The highest BCUT2D eigenvalue weighted by atomic mass is 16.5. The predicted molar refractivity (Wildman–Crippen MR) is 103 cm³/mol. The van der Waals surface area contributed by atoms with Crippen LogP contribution in [0.2, 0.25) is 0 Å². The molecule has 0 saturated carbocycles. The van der Waals surface area contributed by atoms with Crippen LogP contribution in [0.5, 0.6) is 5.75 Å². The van der Waals surface area contributed by atoms with E-state index in [1.165, 1.54) is 0 Å². The number of para-hydroxylation sites is 2. The number of aromatic amines is 1. The molecular weight excluding hydrogens is 360 g/mol. The molecule has 8 heteroatoms. The number of aryl methyl sites for hydroxylation is 1. The zero-order valence-corrected chi connectivity index (χ0v) is 15.2. The number of aromatic nitrogens is 4. The largest absolute Gasteiger partial charge is 0.493 e. The Labute approximate surface area is 159 Å². The van der Waals surface area contributed by atoms with Gasteiger partial charge in [-0.2, -0.15) is 4.98 Å². The number of fused-ring (bicyclic) bond motifs is 1. The van der Waals surface area contributed by atoms with Crippen LogP contribution in [0.3, 0.4) is 0 Å². The number of rotatable bonds is 6. The van der Waals surface area contributed by atoms with Gasteiger partial charge < -0.3 is 14.2 Å². The number of benzene rings is 2. The van der Waals surface area contributed by atoms with E-state index in [9.17, 15) is 9.59 Å². The van der Waals surface area contributed by atoms with Crippen LogP contribution in [0.4, 0.5) is 0 Å². The average Bonchev–Trinajstić information content (AvgIpc) is 3.17. The fourth-order valence-electron chi connectivity index (χ4n) is 3.01. The van der Waals surface area contributed by atoms with Crippen LogP contribution in [0.1, 0.15) is 12.8 Å². The molecule has 0 amide bonds. The maximum atomic E-state index is 12.6. The van der Waals surface area contributed by atoms with Gasteiger partial charge in [-0.15, -0.1) is 0 Å². The number of hydrogen-bond donors (Lipinski definition) is 1. The van der Waals surface area contributed by atoms with Crippen LogP contribution < -0.4 is 16.0 Å². The molecule has 0 unspecified atom stereocenters. The molecule has 0 spiro atoms. The maximum absolute atomic E-state index is 12.6. The van der Waals surface area contributed by atoms with Crippen molar-refractivity contribution < 1.29 is 9.26 Å². The zero-order valence-electron chi connectivity index (χ0n) is 15.2. The Morgan fingerprint density at radius 3 is 2.75 bits per heavy atom. The number of ether oxygens (including phenoxy) is 1.